The number of hydrogen-bond donors (Lipinski definition) is 1. The number of nitrogens with zero attached hydrogens (tertiary/aromatic N) is 2. The summed E-state index contributed by atoms with van der Waals surface area (Å²) in [6.45, 7) is 1.97. The normalized spacial score (nSPS) is 10.4. The molecule has 5 nitrogen and oxygen atoms in total. The first-order chi connectivity index (χ1) is 9.24. The molecule has 1 amide bonds. The highest BCUT2D eigenvalue weighted by atomic mass is 16.7. The highest BCUT2D eigenvalue weighted by Crippen LogP contribution is 2.08. The Morgan fingerprint density at radius 1 is 1.21 bits per heavy atom. The standard InChI is InChI=1S/C14H13N3O2/c1-11-2-4-13(5-3-11)17-14(18)19-16-10-12-6-8-15-9-7-12/h2-10H,1H3,(H,17,18). The van der Waals surface area contributed by atoms with E-state index in [0.717, 1.165) is 11.1 Å². The Morgan fingerprint density at radius 3 is 2.58 bits per heavy atom. The molecule has 1 aromatic carbocycles. The molecule has 96 valence electrons. The average molecular weight is 255 g/mol. The molecule has 0 unspecified atom stereocenters. The van der Waals surface area contributed by atoms with Crippen molar-refractivity contribution in [3.63, 3.8) is 0 Å². The fourth-order valence-corrected chi connectivity index (χ4v) is 1.36. The van der Waals surface area contributed by atoms with Crippen LogP contribution >= 0.6 is 0 Å². The van der Waals surface area contributed by atoms with Crippen LogP contribution in [0.25, 0.3) is 0 Å². The van der Waals surface area contributed by atoms with Crippen molar-refractivity contribution in [3.8, 4) is 0 Å². The van der Waals surface area contributed by atoms with Crippen molar-refractivity contribution >= 4 is 18.0 Å². The lowest BCUT2D eigenvalue weighted by Gasteiger charge is -2.02. The largest absolute Gasteiger partial charge is 0.437 e. The average Bonchev–Trinajstić information content (AvgIpc) is 2.43. The second-order valence-corrected chi connectivity index (χ2v) is 3.88. The highest BCUT2D eigenvalue weighted by Gasteiger charge is 2.01. The van der Waals surface area contributed by atoms with Crippen LogP contribution in [0.2, 0.25) is 0 Å². The Balaban J connectivity index is 1.85. The molecule has 0 saturated carbocycles. The molecule has 0 saturated heterocycles. The Hall–Kier alpha value is -2.69. The van der Waals surface area contributed by atoms with Gasteiger partial charge in [0.2, 0.25) is 0 Å². The zero-order valence-corrected chi connectivity index (χ0v) is 10.4. The first-order valence-corrected chi connectivity index (χ1v) is 5.72. The van der Waals surface area contributed by atoms with Gasteiger partial charge in [0, 0.05) is 18.1 Å². The first kappa shape index (κ1) is 12.8. The van der Waals surface area contributed by atoms with Crippen LogP contribution in [-0.2, 0) is 4.84 Å². The maximum Gasteiger partial charge on any atom is 0.437 e. The summed E-state index contributed by atoms with van der Waals surface area (Å²) in [6, 6.07) is 10.9. The monoisotopic (exact) mass is 255 g/mol. The minimum absolute atomic E-state index is 0.630. The molecule has 5 heteroatoms. The zero-order chi connectivity index (χ0) is 13.5. The predicted molar refractivity (Wildman–Crippen MR) is 73.1 cm³/mol. The van der Waals surface area contributed by atoms with Crippen molar-refractivity contribution in [1.82, 2.24) is 4.98 Å². The van der Waals surface area contributed by atoms with E-state index in [0.29, 0.717) is 5.69 Å². The van der Waals surface area contributed by atoms with Crippen molar-refractivity contribution in [2.75, 3.05) is 5.32 Å². The van der Waals surface area contributed by atoms with Crippen LogP contribution in [0.4, 0.5) is 10.5 Å². The van der Waals surface area contributed by atoms with E-state index in [1.807, 2.05) is 19.1 Å². The lowest BCUT2D eigenvalue weighted by molar-refractivity contribution is 0.167. The van der Waals surface area contributed by atoms with Crippen LogP contribution in [-0.4, -0.2) is 17.3 Å². The van der Waals surface area contributed by atoms with Crippen molar-refractivity contribution in [2.24, 2.45) is 5.16 Å². The Bertz CT molecular complexity index is 565. The van der Waals surface area contributed by atoms with E-state index in [9.17, 15) is 4.79 Å². The number of aromatic nitrogens is 1. The summed E-state index contributed by atoms with van der Waals surface area (Å²) in [4.78, 5) is 20.0. The maximum atomic E-state index is 11.4. The summed E-state index contributed by atoms with van der Waals surface area (Å²) in [6.07, 6.45) is 4.08. The van der Waals surface area contributed by atoms with Crippen LogP contribution in [0.5, 0.6) is 0 Å². The summed E-state index contributed by atoms with van der Waals surface area (Å²) in [5, 5.41) is 6.16. The highest BCUT2D eigenvalue weighted by molar-refractivity contribution is 5.85. The quantitative estimate of drug-likeness (QED) is 0.521. The second kappa shape index (κ2) is 6.30. The molecule has 0 atom stereocenters. The molecule has 0 aliphatic carbocycles. The number of anilines is 1. The van der Waals surface area contributed by atoms with E-state index in [4.69, 9.17) is 0 Å². The fraction of sp³-hybridized carbons (Fsp3) is 0.0714. The third kappa shape index (κ3) is 4.23. The summed E-state index contributed by atoms with van der Waals surface area (Å²) >= 11 is 0. The molecule has 2 rings (SSSR count). The number of pyridine rings is 1. The van der Waals surface area contributed by atoms with E-state index in [1.54, 1.807) is 36.7 Å². The van der Waals surface area contributed by atoms with Gasteiger partial charge in [0.05, 0.1) is 6.21 Å². The zero-order valence-electron chi connectivity index (χ0n) is 10.4. The number of hydrogen-bond acceptors (Lipinski definition) is 4. The third-order valence-electron chi connectivity index (χ3n) is 2.34. The smallest absolute Gasteiger partial charge is 0.298 e. The fourth-order valence-electron chi connectivity index (χ4n) is 1.36. The van der Waals surface area contributed by atoms with Gasteiger partial charge in [-0.25, -0.2) is 4.79 Å². The van der Waals surface area contributed by atoms with Gasteiger partial charge in [0.25, 0.3) is 0 Å². The van der Waals surface area contributed by atoms with Crippen LogP contribution in [0.15, 0.2) is 53.9 Å². The van der Waals surface area contributed by atoms with Crippen LogP contribution in [0.3, 0.4) is 0 Å². The first-order valence-electron chi connectivity index (χ1n) is 5.72. The van der Waals surface area contributed by atoms with Gasteiger partial charge in [0.1, 0.15) is 0 Å². The minimum Gasteiger partial charge on any atom is -0.298 e. The van der Waals surface area contributed by atoms with Crippen LogP contribution in [0.1, 0.15) is 11.1 Å². The number of carbonyl (C=O) groups excluding carboxylic acids is 1. The summed E-state index contributed by atoms with van der Waals surface area (Å²) in [5.74, 6) is 0. The van der Waals surface area contributed by atoms with E-state index in [1.165, 1.54) is 6.21 Å². The van der Waals surface area contributed by atoms with Crippen LogP contribution in [0, 0.1) is 6.92 Å². The topological polar surface area (TPSA) is 63.6 Å². The van der Waals surface area contributed by atoms with E-state index in [-0.39, 0.29) is 0 Å². The molecule has 0 spiro atoms. The van der Waals surface area contributed by atoms with Gasteiger partial charge < -0.3 is 0 Å². The van der Waals surface area contributed by atoms with Crippen molar-refractivity contribution in [3.05, 3.63) is 59.9 Å². The molecule has 19 heavy (non-hydrogen) atoms. The van der Waals surface area contributed by atoms with Gasteiger partial charge in [-0.1, -0.05) is 22.9 Å². The number of nitrogens with one attached hydrogen (secondary N) is 1. The van der Waals surface area contributed by atoms with Gasteiger partial charge in [-0.2, -0.15) is 0 Å². The Kier molecular flexibility index (Phi) is 4.23. The molecule has 0 aliphatic rings. The molecule has 2 aromatic rings. The van der Waals surface area contributed by atoms with E-state index < -0.39 is 6.09 Å². The van der Waals surface area contributed by atoms with Gasteiger partial charge in [-0.3, -0.25) is 15.1 Å². The lowest BCUT2D eigenvalue weighted by atomic mass is 10.2. The SMILES string of the molecule is Cc1ccc(NC(=O)ON=Cc2ccncc2)cc1. The number of aryl methyl sites for hydroxylation is 1. The molecule has 0 bridgehead atoms. The summed E-state index contributed by atoms with van der Waals surface area (Å²) in [5.41, 5.74) is 2.59. The molecule has 1 N–H and O–H groups in total. The van der Waals surface area contributed by atoms with Crippen molar-refractivity contribution in [2.45, 2.75) is 6.92 Å². The predicted octanol–water partition coefficient (Wildman–Crippen LogP) is 2.97. The lowest BCUT2D eigenvalue weighted by Crippen LogP contribution is -2.10. The molecular weight excluding hydrogens is 242 g/mol. The van der Waals surface area contributed by atoms with E-state index in [2.05, 4.69) is 20.3 Å². The number of oxime groups is 1. The van der Waals surface area contributed by atoms with Gasteiger partial charge in [-0.15, -0.1) is 0 Å². The van der Waals surface area contributed by atoms with Crippen molar-refractivity contribution in [1.29, 1.82) is 0 Å². The number of benzene rings is 1. The van der Waals surface area contributed by atoms with Gasteiger partial charge >= 0.3 is 6.09 Å². The maximum absolute atomic E-state index is 11.4. The molecule has 1 aromatic heterocycles. The van der Waals surface area contributed by atoms with E-state index >= 15 is 0 Å². The molecule has 1 heterocycles. The molecule has 0 aliphatic heterocycles. The summed E-state index contributed by atoms with van der Waals surface area (Å²) < 4.78 is 0. The second-order valence-electron chi connectivity index (χ2n) is 3.88. The molecule has 0 fully saturated rings. The third-order valence-corrected chi connectivity index (χ3v) is 2.34. The van der Waals surface area contributed by atoms with Gasteiger partial charge in [0.15, 0.2) is 0 Å². The summed E-state index contributed by atoms with van der Waals surface area (Å²) in [7, 11) is 0. The number of carbonyl (C=O) groups is 1. The molecular formula is C14H13N3O2. The van der Waals surface area contributed by atoms with Crippen LogP contribution < -0.4 is 5.32 Å². The van der Waals surface area contributed by atoms with Crippen molar-refractivity contribution < 1.29 is 9.63 Å². The van der Waals surface area contributed by atoms with Gasteiger partial charge in [-0.05, 0) is 36.8 Å². The Labute approximate surface area is 110 Å². The number of amides is 1. The minimum atomic E-state index is -0.630. The number of rotatable bonds is 3. The molecule has 0 radical (unpaired) electrons. The Morgan fingerprint density at radius 2 is 1.89 bits per heavy atom.